The Labute approximate surface area is 112 Å². The first-order valence-electron chi connectivity index (χ1n) is 6.44. The molecule has 0 fully saturated rings. The Bertz CT molecular complexity index is 462. The second-order valence-electron chi connectivity index (χ2n) is 4.78. The van der Waals surface area contributed by atoms with Crippen LogP contribution in [0.5, 0.6) is 0 Å². The standard InChI is InChI=1S/C14H18N2O3/c1-2-12(7-13(17)18)15-14(19)16-8-10-5-3-4-6-11(10)9-16/h3-6,12H,2,7-9H2,1H3,(H,15,19)(H,17,18). The van der Waals surface area contributed by atoms with Gasteiger partial charge in [-0.05, 0) is 17.5 Å². The van der Waals surface area contributed by atoms with E-state index in [0.29, 0.717) is 19.5 Å². The number of amides is 2. The molecule has 1 aliphatic rings. The Morgan fingerprint density at radius 3 is 2.37 bits per heavy atom. The summed E-state index contributed by atoms with van der Waals surface area (Å²) in [5, 5.41) is 11.6. The van der Waals surface area contributed by atoms with E-state index in [1.54, 1.807) is 4.90 Å². The highest BCUT2D eigenvalue weighted by Gasteiger charge is 2.24. The second kappa shape index (κ2) is 5.73. The summed E-state index contributed by atoms with van der Waals surface area (Å²) < 4.78 is 0. The third kappa shape index (κ3) is 3.24. The van der Waals surface area contributed by atoms with Crippen LogP contribution in [0.25, 0.3) is 0 Å². The van der Waals surface area contributed by atoms with Crippen LogP contribution in [0.4, 0.5) is 4.79 Å². The lowest BCUT2D eigenvalue weighted by Crippen LogP contribution is -2.43. The van der Waals surface area contributed by atoms with Crippen LogP contribution in [-0.4, -0.2) is 28.0 Å². The number of carbonyl (C=O) groups is 2. The van der Waals surface area contributed by atoms with Crippen LogP contribution in [0.1, 0.15) is 30.9 Å². The topological polar surface area (TPSA) is 69.6 Å². The maximum absolute atomic E-state index is 12.1. The highest BCUT2D eigenvalue weighted by Crippen LogP contribution is 2.22. The minimum absolute atomic E-state index is 0.0387. The summed E-state index contributed by atoms with van der Waals surface area (Å²) >= 11 is 0. The number of nitrogens with zero attached hydrogens (tertiary/aromatic N) is 1. The molecule has 2 N–H and O–H groups in total. The molecule has 0 saturated carbocycles. The molecule has 1 aromatic carbocycles. The minimum atomic E-state index is -0.892. The van der Waals surface area contributed by atoms with Crippen molar-refractivity contribution in [3.63, 3.8) is 0 Å². The summed E-state index contributed by atoms with van der Waals surface area (Å²) in [6, 6.07) is 7.44. The normalized spacial score (nSPS) is 14.9. The summed E-state index contributed by atoms with van der Waals surface area (Å²) in [6.07, 6.45) is 0.571. The van der Waals surface area contributed by atoms with E-state index in [2.05, 4.69) is 5.32 Å². The number of nitrogens with one attached hydrogen (secondary N) is 1. The van der Waals surface area contributed by atoms with Crippen LogP contribution in [-0.2, 0) is 17.9 Å². The molecule has 5 nitrogen and oxygen atoms in total. The SMILES string of the molecule is CCC(CC(=O)O)NC(=O)N1Cc2ccccc2C1. The summed E-state index contributed by atoms with van der Waals surface area (Å²) in [5.74, 6) is -0.892. The molecule has 0 bridgehead atoms. The molecule has 2 amide bonds. The Morgan fingerprint density at radius 1 is 1.32 bits per heavy atom. The minimum Gasteiger partial charge on any atom is -0.481 e. The van der Waals surface area contributed by atoms with Gasteiger partial charge in [0.1, 0.15) is 0 Å². The second-order valence-corrected chi connectivity index (χ2v) is 4.78. The lowest BCUT2D eigenvalue weighted by atomic mass is 10.1. The Hall–Kier alpha value is -2.04. The van der Waals surface area contributed by atoms with Gasteiger partial charge in [-0.1, -0.05) is 31.2 Å². The van der Waals surface area contributed by atoms with Crippen LogP contribution >= 0.6 is 0 Å². The van der Waals surface area contributed by atoms with E-state index >= 15 is 0 Å². The summed E-state index contributed by atoms with van der Waals surface area (Å²) in [4.78, 5) is 24.5. The fraction of sp³-hybridized carbons (Fsp3) is 0.429. The highest BCUT2D eigenvalue weighted by atomic mass is 16.4. The molecular formula is C14H18N2O3. The van der Waals surface area contributed by atoms with Gasteiger partial charge in [0.15, 0.2) is 0 Å². The first-order valence-corrected chi connectivity index (χ1v) is 6.44. The number of benzene rings is 1. The number of carboxylic acids is 1. The van der Waals surface area contributed by atoms with Crippen molar-refractivity contribution >= 4 is 12.0 Å². The van der Waals surface area contributed by atoms with Gasteiger partial charge in [-0.3, -0.25) is 4.79 Å². The Balaban J connectivity index is 1.93. The molecule has 1 aromatic rings. The predicted molar refractivity (Wildman–Crippen MR) is 70.6 cm³/mol. The van der Waals surface area contributed by atoms with Crippen molar-refractivity contribution in [3.05, 3.63) is 35.4 Å². The molecule has 0 radical (unpaired) electrons. The molecule has 0 aliphatic carbocycles. The van der Waals surface area contributed by atoms with Crippen molar-refractivity contribution in [2.45, 2.75) is 38.9 Å². The smallest absolute Gasteiger partial charge is 0.318 e. The highest BCUT2D eigenvalue weighted by molar-refractivity contribution is 5.76. The number of carbonyl (C=O) groups excluding carboxylic acids is 1. The van der Waals surface area contributed by atoms with Crippen molar-refractivity contribution in [2.24, 2.45) is 0 Å². The van der Waals surface area contributed by atoms with Crippen LogP contribution in [0, 0.1) is 0 Å². The fourth-order valence-electron chi connectivity index (χ4n) is 2.25. The molecule has 1 atom stereocenters. The zero-order valence-electron chi connectivity index (χ0n) is 10.9. The maximum atomic E-state index is 12.1. The Morgan fingerprint density at radius 2 is 1.89 bits per heavy atom. The number of carboxylic acid groups (broad SMARTS) is 1. The van der Waals surface area contributed by atoms with Gasteiger partial charge < -0.3 is 15.3 Å². The molecule has 102 valence electrons. The molecule has 1 unspecified atom stereocenters. The average molecular weight is 262 g/mol. The quantitative estimate of drug-likeness (QED) is 0.871. The molecule has 2 rings (SSSR count). The van der Waals surface area contributed by atoms with Gasteiger partial charge in [-0.25, -0.2) is 4.79 Å². The molecule has 0 spiro atoms. The van der Waals surface area contributed by atoms with Gasteiger partial charge in [0.05, 0.1) is 6.42 Å². The molecule has 1 aliphatic heterocycles. The van der Waals surface area contributed by atoms with E-state index in [1.807, 2.05) is 31.2 Å². The third-order valence-corrected chi connectivity index (χ3v) is 3.37. The zero-order chi connectivity index (χ0) is 13.8. The molecular weight excluding hydrogens is 244 g/mol. The first kappa shape index (κ1) is 13.4. The monoisotopic (exact) mass is 262 g/mol. The predicted octanol–water partition coefficient (Wildman–Crippen LogP) is 1.97. The van der Waals surface area contributed by atoms with E-state index < -0.39 is 5.97 Å². The largest absolute Gasteiger partial charge is 0.481 e. The van der Waals surface area contributed by atoms with Crippen LogP contribution in [0.3, 0.4) is 0 Å². The molecule has 19 heavy (non-hydrogen) atoms. The Kier molecular flexibility index (Phi) is 4.04. The van der Waals surface area contributed by atoms with Gasteiger partial charge in [-0.15, -0.1) is 0 Å². The van der Waals surface area contributed by atoms with E-state index in [1.165, 1.54) is 0 Å². The van der Waals surface area contributed by atoms with Crippen molar-refractivity contribution in [3.8, 4) is 0 Å². The van der Waals surface area contributed by atoms with Gasteiger partial charge >= 0.3 is 12.0 Å². The average Bonchev–Trinajstić information content (AvgIpc) is 2.81. The van der Waals surface area contributed by atoms with E-state index in [-0.39, 0.29) is 18.5 Å². The van der Waals surface area contributed by atoms with E-state index in [9.17, 15) is 9.59 Å². The van der Waals surface area contributed by atoms with Gasteiger partial charge in [-0.2, -0.15) is 0 Å². The lowest BCUT2D eigenvalue weighted by molar-refractivity contribution is -0.137. The van der Waals surface area contributed by atoms with Crippen molar-refractivity contribution in [1.29, 1.82) is 0 Å². The fourth-order valence-corrected chi connectivity index (χ4v) is 2.25. The lowest BCUT2D eigenvalue weighted by Gasteiger charge is -2.21. The van der Waals surface area contributed by atoms with Crippen LogP contribution in [0.2, 0.25) is 0 Å². The molecule has 5 heteroatoms. The maximum Gasteiger partial charge on any atom is 0.318 e. The van der Waals surface area contributed by atoms with Crippen molar-refractivity contribution < 1.29 is 14.7 Å². The van der Waals surface area contributed by atoms with Gasteiger partial charge in [0.2, 0.25) is 0 Å². The molecule has 1 heterocycles. The van der Waals surface area contributed by atoms with Crippen LogP contribution < -0.4 is 5.32 Å². The van der Waals surface area contributed by atoms with E-state index in [0.717, 1.165) is 11.1 Å². The van der Waals surface area contributed by atoms with Gasteiger partial charge in [0.25, 0.3) is 0 Å². The van der Waals surface area contributed by atoms with Crippen molar-refractivity contribution in [1.82, 2.24) is 10.2 Å². The number of urea groups is 1. The zero-order valence-corrected chi connectivity index (χ0v) is 10.9. The third-order valence-electron chi connectivity index (χ3n) is 3.37. The number of fused-ring (bicyclic) bond motifs is 1. The van der Waals surface area contributed by atoms with Gasteiger partial charge in [0, 0.05) is 19.1 Å². The number of aliphatic carboxylic acids is 1. The van der Waals surface area contributed by atoms with Crippen LogP contribution in [0.15, 0.2) is 24.3 Å². The summed E-state index contributed by atoms with van der Waals surface area (Å²) in [5.41, 5.74) is 2.31. The molecule has 0 saturated heterocycles. The summed E-state index contributed by atoms with van der Waals surface area (Å²) in [6.45, 7) is 3.05. The van der Waals surface area contributed by atoms with Crippen molar-refractivity contribution in [2.75, 3.05) is 0 Å². The summed E-state index contributed by atoms with van der Waals surface area (Å²) in [7, 11) is 0. The van der Waals surface area contributed by atoms with E-state index in [4.69, 9.17) is 5.11 Å². The molecule has 0 aromatic heterocycles. The number of rotatable bonds is 4. The number of hydrogen-bond acceptors (Lipinski definition) is 2. The first-order chi connectivity index (χ1) is 9.10. The number of hydrogen-bond donors (Lipinski definition) is 2.